The van der Waals surface area contributed by atoms with Crippen LogP contribution in [-0.4, -0.2) is 26.1 Å². The topological polar surface area (TPSA) is 97.3 Å². The normalized spacial score (nSPS) is 11.1. The fraction of sp³-hybridized carbons (Fsp3) is 0.111. The van der Waals surface area contributed by atoms with Crippen molar-refractivity contribution in [2.75, 3.05) is 20.0 Å². The molecule has 8 heteroatoms. The molecule has 2 heterocycles. The van der Waals surface area contributed by atoms with Crippen molar-refractivity contribution < 1.29 is 27.8 Å². The van der Waals surface area contributed by atoms with Gasteiger partial charge in [-0.25, -0.2) is 9.59 Å². The minimum absolute atomic E-state index is 0.0510. The molecule has 0 N–H and O–H groups in total. The van der Waals surface area contributed by atoms with Crippen molar-refractivity contribution in [1.82, 2.24) is 0 Å². The summed E-state index contributed by atoms with van der Waals surface area (Å²) in [6.07, 6.45) is 0.740. The summed E-state index contributed by atoms with van der Waals surface area (Å²) in [4.78, 5) is 25.3. The molecule has 0 unspecified atom stereocenters. The molecule has 0 spiro atoms. The van der Waals surface area contributed by atoms with Crippen LogP contribution in [0.4, 0.5) is 0 Å². The van der Waals surface area contributed by atoms with Gasteiger partial charge < -0.3 is 27.8 Å². The average Bonchev–Trinajstić information content (AvgIpc) is 3.05. The van der Waals surface area contributed by atoms with Gasteiger partial charge in [0.15, 0.2) is 6.79 Å². The lowest BCUT2D eigenvalue weighted by Crippen LogP contribution is -2.29. The Morgan fingerprint density at radius 1 is 0.636 bits per heavy atom. The molecule has 0 aliphatic heterocycles. The predicted octanol–water partition coefficient (Wildman–Crippen LogP) is 7.19. The summed E-state index contributed by atoms with van der Waals surface area (Å²) in [6.45, 7) is 3.71. The Kier molecular flexibility index (Phi) is 8.52. The highest BCUT2D eigenvalue weighted by Gasteiger charge is 2.15. The Bertz CT molecular complexity index is 1870. The lowest BCUT2D eigenvalue weighted by Gasteiger charge is -2.19. The standard InChI is InChI=1S/C36H28O8/c1-2-39-23-42-30(21-40-28-15-13-26-17-31(24-9-5-3-6-10-24)35(37)43-33(26)19-28)22-41-29-16-14-27-18-32(25-11-7-4-8-12-25)36(38)44-34(27)20-29/h2-20,30H,1,21-23H2. The highest BCUT2D eigenvalue weighted by Crippen LogP contribution is 2.26. The molecule has 2 aromatic heterocycles. The minimum atomic E-state index is -0.540. The smallest absolute Gasteiger partial charge is 0.344 e. The zero-order valence-corrected chi connectivity index (χ0v) is 23.6. The zero-order valence-electron chi connectivity index (χ0n) is 23.6. The Labute approximate surface area is 252 Å². The third-order valence-corrected chi connectivity index (χ3v) is 6.95. The third-order valence-electron chi connectivity index (χ3n) is 6.95. The van der Waals surface area contributed by atoms with E-state index in [9.17, 15) is 9.59 Å². The van der Waals surface area contributed by atoms with Crippen molar-refractivity contribution in [3.8, 4) is 33.8 Å². The summed E-state index contributed by atoms with van der Waals surface area (Å²) >= 11 is 0. The molecule has 0 atom stereocenters. The van der Waals surface area contributed by atoms with Gasteiger partial charge in [-0.3, -0.25) is 0 Å². The molecule has 0 aliphatic carbocycles. The van der Waals surface area contributed by atoms with Gasteiger partial charge in [-0.1, -0.05) is 67.2 Å². The van der Waals surface area contributed by atoms with Gasteiger partial charge in [0.1, 0.15) is 42.0 Å². The lowest BCUT2D eigenvalue weighted by atomic mass is 10.1. The molecule has 0 aliphatic rings. The van der Waals surface area contributed by atoms with Crippen LogP contribution in [0.15, 0.2) is 140 Å². The second kappa shape index (κ2) is 13.1. The second-order valence-corrected chi connectivity index (χ2v) is 9.89. The first-order chi connectivity index (χ1) is 21.6. The van der Waals surface area contributed by atoms with Crippen LogP contribution in [-0.2, 0) is 9.47 Å². The van der Waals surface area contributed by atoms with Crippen LogP contribution in [0.5, 0.6) is 11.5 Å². The Morgan fingerprint density at radius 3 is 1.57 bits per heavy atom. The van der Waals surface area contributed by atoms with Crippen LogP contribution in [0.3, 0.4) is 0 Å². The maximum absolute atomic E-state index is 12.7. The first-order valence-corrected chi connectivity index (χ1v) is 13.9. The first-order valence-electron chi connectivity index (χ1n) is 13.9. The molecule has 0 fully saturated rings. The summed E-state index contributed by atoms with van der Waals surface area (Å²) in [5.74, 6) is 0.987. The van der Waals surface area contributed by atoms with Gasteiger partial charge in [-0.2, -0.15) is 0 Å². The van der Waals surface area contributed by atoms with Crippen molar-refractivity contribution in [2.24, 2.45) is 0 Å². The van der Waals surface area contributed by atoms with Gasteiger partial charge in [0, 0.05) is 22.9 Å². The zero-order chi connectivity index (χ0) is 30.3. The summed E-state index contributed by atoms with van der Waals surface area (Å²) in [5, 5.41) is 1.54. The lowest BCUT2D eigenvalue weighted by molar-refractivity contribution is -0.0839. The summed E-state index contributed by atoms with van der Waals surface area (Å²) in [5.41, 5.74) is 2.51. The quantitative estimate of drug-likeness (QED) is 0.0641. The molecule has 4 aromatic carbocycles. The maximum Gasteiger partial charge on any atom is 0.344 e. The predicted molar refractivity (Wildman–Crippen MR) is 168 cm³/mol. The number of rotatable bonds is 12. The Balaban J connectivity index is 1.14. The van der Waals surface area contributed by atoms with E-state index in [4.69, 9.17) is 27.8 Å². The SMILES string of the molecule is C=COCOC(COc1ccc2cc(-c3ccccc3)c(=O)oc2c1)COc1ccc2cc(-c3ccccc3)c(=O)oc2c1. The largest absolute Gasteiger partial charge is 0.491 e. The molecule has 6 aromatic rings. The van der Waals surface area contributed by atoms with E-state index < -0.39 is 17.4 Å². The van der Waals surface area contributed by atoms with Crippen LogP contribution in [0.1, 0.15) is 0 Å². The van der Waals surface area contributed by atoms with Gasteiger partial charge in [-0.15, -0.1) is 0 Å². The molecule has 0 radical (unpaired) electrons. The average molecular weight is 589 g/mol. The minimum Gasteiger partial charge on any atom is -0.491 e. The molecule has 44 heavy (non-hydrogen) atoms. The van der Waals surface area contributed by atoms with E-state index in [2.05, 4.69) is 6.58 Å². The number of hydrogen-bond donors (Lipinski definition) is 0. The summed E-state index contributed by atoms with van der Waals surface area (Å²) in [6, 6.07) is 32.9. The van der Waals surface area contributed by atoms with Crippen LogP contribution in [0, 0.1) is 0 Å². The third kappa shape index (κ3) is 6.56. The highest BCUT2D eigenvalue weighted by molar-refractivity contribution is 5.83. The van der Waals surface area contributed by atoms with E-state index in [1.54, 1.807) is 36.4 Å². The fourth-order valence-corrected chi connectivity index (χ4v) is 4.71. The van der Waals surface area contributed by atoms with Crippen LogP contribution < -0.4 is 20.7 Å². The van der Waals surface area contributed by atoms with E-state index in [-0.39, 0.29) is 20.0 Å². The van der Waals surface area contributed by atoms with Crippen LogP contribution in [0.2, 0.25) is 0 Å². The molecule has 0 saturated carbocycles. The molecule has 8 nitrogen and oxygen atoms in total. The van der Waals surface area contributed by atoms with E-state index >= 15 is 0 Å². The molecule has 0 amide bonds. The second-order valence-electron chi connectivity index (χ2n) is 9.89. The Hall–Kier alpha value is -5.60. The monoisotopic (exact) mass is 588 g/mol. The number of ether oxygens (including phenoxy) is 4. The first kappa shape index (κ1) is 28.5. The number of hydrogen-bond acceptors (Lipinski definition) is 8. The van der Waals surface area contributed by atoms with Crippen molar-refractivity contribution >= 4 is 21.9 Å². The van der Waals surface area contributed by atoms with Gasteiger partial charge in [-0.05, 0) is 47.5 Å². The molecule has 6 rings (SSSR count). The van der Waals surface area contributed by atoms with E-state index in [0.717, 1.165) is 21.9 Å². The molecule has 0 saturated heterocycles. The van der Waals surface area contributed by atoms with Crippen molar-refractivity contribution in [3.63, 3.8) is 0 Å². The van der Waals surface area contributed by atoms with Crippen molar-refractivity contribution in [1.29, 1.82) is 0 Å². The van der Waals surface area contributed by atoms with Crippen molar-refractivity contribution in [3.05, 3.63) is 143 Å². The summed E-state index contributed by atoms with van der Waals surface area (Å²) < 4.78 is 34.1. The van der Waals surface area contributed by atoms with E-state index in [1.807, 2.05) is 72.8 Å². The number of fused-ring (bicyclic) bond motifs is 2. The maximum atomic E-state index is 12.7. The number of benzene rings is 4. The fourth-order valence-electron chi connectivity index (χ4n) is 4.71. The van der Waals surface area contributed by atoms with Gasteiger partial charge in [0.25, 0.3) is 0 Å². The molecule has 220 valence electrons. The van der Waals surface area contributed by atoms with Gasteiger partial charge >= 0.3 is 11.3 Å². The van der Waals surface area contributed by atoms with E-state index in [1.165, 1.54) is 6.26 Å². The van der Waals surface area contributed by atoms with Gasteiger partial charge in [0.05, 0.1) is 17.4 Å². The molecular formula is C36H28O8. The van der Waals surface area contributed by atoms with Crippen LogP contribution >= 0.6 is 0 Å². The highest BCUT2D eigenvalue weighted by atomic mass is 16.7. The molecule has 0 bridgehead atoms. The van der Waals surface area contributed by atoms with Gasteiger partial charge in [0.2, 0.25) is 0 Å². The summed E-state index contributed by atoms with van der Waals surface area (Å²) in [7, 11) is 0. The van der Waals surface area contributed by atoms with Crippen molar-refractivity contribution in [2.45, 2.75) is 6.10 Å². The Morgan fingerprint density at radius 2 is 1.11 bits per heavy atom. The van der Waals surface area contributed by atoms with Crippen LogP contribution in [0.25, 0.3) is 44.2 Å². The van der Waals surface area contributed by atoms with E-state index in [0.29, 0.717) is 33.8 Å². The molecular weight excluding hydrogens is 560 g/mol.